The molecule has 1 aromatic rings. The molecule has 1 unspecified atom stereocenters. The van der Waals surface area contributed by atoms with Crippen LogP contribution in [-0.4, -0.2) is 24.5 Å². The highest BCUT2D eigenvalue weighted by Crippen LogP contribution is 2.18. The Kier molecular flexibility index (Phi) is 5.41. The van der Waals surface area contributed by atoms with Gasteiger partial charge in [0.25, 0.3) is 0 Å². The standard InChI is InChI=1S/C17H28N2/c1-14(2)13-15-5-7-16(8-6-15)17(18)9-12-19-10-3-4-11-19/h5-8,14,17H,3-4,9-13,18H2,1-2H3. The van der Waals surface area contributed by atoms with E-state index in [1.165, 1.54) is 37.1 Å². The van der Waals surface area contributed by atoms with Gasteiger partial charge in [0.2, 0.25) is 0 Å². The van der Waals surface area contributed by atoms with E-state index in [0.29, 0.717) is 0 Å². The van der Waals surface area contributed by atoms with Gasteiger partial charge >= 0.3 is 0 Å². The van der Waals surface area contributed by atoms with Crippen LogP contribution in [0.3, 0.4) is 0 Å². The molecule has 0 radical (unpaired) electrons. The highest BCUT2D eigenvalue weighted by molar-refractivity contribution is 5.25. The van der Waals surface area contributed by atoms with E-state index in [9.17, 15) is 0 Å². The van der Waals surface area contributed by atoms with Gasteiger partial charge < -0.3 is 10.6 Å². The largest absolute Gasteiger partial charge is 0.324 e. The summed E-state index contributed by atoms with van der Waals surface area (Å²) < 4.78 is 0. The van der Waals surface area contributed by atoms with Crippen molar-refractivity contribution in [3.05, 3.63) is 35.4 Å². The first-order valence-electron chi connectivity index (χ1n) is 7.72. The zero-order valence-corrected chi connectivity index (χ0v) is 12.4. The van der Waals surface area contributed by atoms with E-state index >= 15 is 0 Å². The van der Waals surface area contributed by atoms with Crippen molar-refractivity contribution >= 4 is 0 Å². The van der Waals surface area contributed by atoms with Crippen LogP contribution in [0.5, 0.6) is 0 Å². The third kappa shape index (κ3) is 4.63. The molecule has 1 heterocycles. The molecule has 1 atom stereocenters. The van der Waals surface area contributed by atoms with Gasteiger partial charge in [0.1, 0.15) is 0 Å². The molecule has 19 heavy (non-hydrogen) atoms. The minimum Gasteiger partial charge on any atom is -0.324 e. The SMILES string of the molecule is CC(C)Cc1ccc(C(N)CCN2CCCC2)cc1. The molecular formula is C17H28N2. The molecule has 0 bridgehead atoms. The predicted molar refractivity (Wildman–Crippen MR) is 82.2 cm³/mol. The van der Waals surface area contributed by atoms with Crippen molar-refractivity contribution in [3.63, 3.8) is 0 Å². The maximum absolute atomic E-state index is 6.30. The van der Waals surface area contributed by atoms with E-state index in [0.717, 1.165) is 25.3 Å². The second kappa shape index (κ2) is 7.06. The molecule has 1 fully saturated rings. The van der Waals surface area contributed by atoms with Gasteiger partial charge in [0.15, 0.2) is 0 Å². The predicted octanol–water partition coefficient (Wildman–Crippen LogP) is 3.37. The van der Waals surface area contributed by atoms with Crippen molar-refractivity contribution in [3.8, 4) is 0 Å². The lowest BCUT2D eigenvalue weighted by Crippen LogP contribution is -2.24. The quantitative estimate of drug-likeness (QED) is 0.849. The van der Waals surface area contributed by atoms with Crippen LogP contribution in [0.2, 0.25) is 0 Å². The lowest BCUT2D eigenvalue weighted by Gasteiger charge is -2.18. The van der Waals surface area contributed by atoms with Gasteiger partial charge in [0, 0.05) is 6.04 Å². The van der Waals surface area contributed by atoms with Crippen molar-refractivity contribution in [2.24, 2.45) is 11.7 Å². The summed E-state index contributed by atoms with van der Waals surface area (Å²) in [6.07, 6.45) is 4.95. The first-order chi connectivity index (χ1) is 9.15. The first-order valence-corrected chi connectivity index (χ1v) is 7.72. The molecule has 0 spiro atoms. The summed E-state index contributed by atoms with van der Waals surface area (Å²) in [6.45, 7) is 8.19. The summed E-state index contributed by atoms with van der Waals surface area (Å²) in [6, 6.07) is 9.10. The van der Waals surface area contributed by atoms with Gasteiger partial charge in [-0.3, -0.25) is 0 Å². The van der Waals surface area contributed by atoms with Crippen molar-refractivity contribution < 1.29 is 0 Å². The van der Waals surface area contributed by atoms with Gasteiger partial charge in [-0.2, -0.15) is 0 Å². The van der Waals surface area contributed by atoms with Crippen molar-refractivity contribution in [1.82, 2.24) is 4.90 Å². The monoisotopic (exact) mass is 260 g/mol. The smallest absolute Gasteiger partial charge is 0.0307 e. The molecule has 2 heteroatoms. The van der Waals surface area contributed by atoms with Crippen molar-refractivity contribution in [2.75, 3.05) is 19.6 Å². The zero-order chi connectivity index (χ0) is 13.7. The molecular weight excluding hydrogens is 232 g/mol. The maximum atomic E-state index is 6.30. The summed E-state index contributed by atoms with van der Waals surface area (Å²) in [7, 11) is 0. The number of hydrogen-bond acceptors (Lipinski definition) is 2. The minimum atomic E-state index is 0.189. The fourth-order valence-electron chi connectivity index (χ4n) is 2.87. The van der Waals surface area contributed by atoms with E-state index in [1.54, 1.807) is 0 Å². The second-order valence-corrected chi connectivity index (χ2v) is 6.28. The minimum absolute atomic E-state index is 0.189. The Morgan fingerprint density at radius 2 is 1.74 bits per heavy atom. The normalized spacial score (nSPS) is 18.1. The van der Waals surface area contributed by atoms with Gasteiger partial charge in [-0.1, -0.05) is 38.1 Å². The Morgan fingerprint density at radius 1 is 1.11 bits per heavy atom. The number of rotatable bonds is 6. The van der Waals surface area contributed by atoms with Crippen molar-refractivity contribution in [1.29, 1.82) is 0 Å². The van der Waals surface area contributed by atoms with E-state index in [2.05, 4.69) is 43.0 Å². The molecule has 106 valence electrons. The van der Waals surface area contributed by atoms with Crippen LogP contribution in [-0.2, 0) is 6.42 Å². The number of nitrogens with two attached hydrogens (primary N) is 1. The molecule has 0 saturated carbocycles. The van der Waals surface area contributed by atoms with Crippen LogP contribution in [0.4, 0.5) is 0 Å². The third-order valence-electron chi connectivity index (χ3n) is 4.01. The highest BCUT2D eigenvalue weighted by atomic mass is 15.1. The maximum Gasteiger partial charge on any atom is 0.0307 e. The Bertz CT molecular complexity index is 363. The van der Waals surface area contributed by atoms with Crippen LogP contribution in [0.25, 0.3) is 0 Å². The topological polar surface area (TPSA) is 29.3 Å². The summed E-state index contributed by atoms with van der Waals surface area (Å²) >= 11 is 0. The Hall–Kier alpha value is -0.860. The average Bonchev–Trinajstić information content (AvgIpc) is 2.89. The van der Waals surface area contributed by atoms with Crippen molar-refractivity contribution in [2.45, 2.75) is 45.6 Å². The summed E-state index contributed by atoms with van der Waals surface area (Å²) in [5.74, 6) is 0.717. The van der Waals surface area contributed by atoms with Crippen LogP contribution in [0.1, 0.15) is 50.3 Å². The number of likely N-dealkylation sites (tertiary alicyclic amines) is 1. The molecule has 0 aromatic heterocycles. The molecule has 2 rings (SSSR count). The van der Waals surface area contributed by atoms with Crippen LogP contribution in [0.15, 0.2) is 24.3 Å². The van der Waals surface area contributed by atoms with Crippen LogP contribution in [0, 0.1) is 5.92 Å². The lowest BCUT2D eigenvalue weighted by molar-refractivity contribution is 0.322. The Balaban J connectivity index is 1.82. The summed E-state index contributed by atoms with van der Waals surface area (Å²) in [5.41, 5.74) is 9.00. The average molecular weight is 260 g/mol. The van der Waals surface area contributed by atoms with Crippen LogP contribution >= 0.6 is 0 Å². The second-order valence-electron chi connectivity index (χ2n) is 6.28. The fraction of sp³-hybridized carbons (Fsp3) is 0.647. The van der Waals surface area contributed by atoms with Gasteiger partial charge in [-0.25, -0.2) is 0 Å². The van der Waals surface area contributed by atoms with Gasteiger partial charge in [-0.05, 0) is 62.4 Å². The van der Waals surface area contributed by atoms with E-state index in [4.69, 9.17) is 5.73 Å². The van der Waals surface area contributed by atoms with E-state index in [1.807, 2.05) is 0 Å². The number of nitrogens with zero attached hydrogens (tertiary/aromatic N) is 1. The van der Waals surface area contributed by atoms with Crippen LogP contribution < -0.4 is 5.73 Å². The zero-order valence-electron chi connectivity index (χ0n) is 12.4. The van der Waals surface area contributed by atoms with E-state index in [-0.39, 0.29) is 6.04 Å². The third-order valence-corrected chi connectivity index (χ3v) is 4.01. The Morgan fingerprint density at radius 3 is 2.32 bits per heavy atom. The van der Waals surface area contributed by atoms with Gasteiger partial charge in [0.05, 0.1) is 0 Å². The molecule has 2 N–H and O–H groups in total. The van der Waals surface area contributed by atoms with Gasteiger partial charge in [-0.15, -0.1) is 0 Å². The molecule has 0 aliphatic carbocycles. The molecule has 1 aromatic carbocycles. The lowest BCUT2D eigenvalue weighted by atomic mass is 9.98. The molecule has 0 amide bonds. The fourth-order valence-corrected chi connectivity index (χ4v) is 2.87. The number of hydrogen-bond donors (Lipinski definition) is 1. The summed E-state index contributed by atoms with van der Waals surface area (Å²) in [4.78, 5) is 2.53. The first kappa shape index (κ1) is 14.5. The van der Waals surface area contributed by atoms with E-state index < -0.39 is 0 Å². The highest BCUT2D eigenvalue weighted by Gasteiger charge is 2.13. The summed E-state index contributed by atoms with van der Waals surface area (Å²) in [5, 5.41) is 0. The Labute approximate surface area is 118 Å². The molecule has 1 saturated heterocycles. The molecule has 2 nitrogen and oxygen atoms in total. The molecule has 1 aliphatic rings. The molecule has 1 aliphatic heterocycles. The number of benzene rings is 1.